The summed E-state index contributed by atoms with van der Waals surface area (Å²) in [7, 11) is 0. The number of aromatic nitrogens is 3. The van der Waals surface area contributed by atoms with Crippen LogP contribution < -0.4 is 10.6 Å². The number of rotatable bonds is 7. The van der Waals surface area contributed by atoms with Crippen molar-refractivity contribution in [3.8, 4) is 6.07 Å². The summed E-state index contributed by atoms with van der Waals surface area (Å²) in [5.41, 5.74) is 6.42. The van der Waals surface area contributed by atoms with Crippen molar-refractivity contribution in [2.45, 2.75) is 56.5 Å². The molecule has 1 fully saturated rings. The number of carbonyl (C=O) groups is 1. The molecule has 1 unspecified atom stereocenters. The Morgan fingerprint density at radius 1 is 1.38 bits per heavy atom. The van der Waals surface area contributed by atoms with E-state index in [9.17, 15) is 20.3 Å². The van der Waals surface area contributed by atoms with Gasteiger partial charge in [-0.05, 0) is 51.0 Å². The predicted molar refractivity (Wildman–Crippen MR) is 123 cm³/mol. The molecule has 178 valence electrons. The maximum atomic E-state index is 15.2. The van der Waals surface area contributed by atoms with Gasteiger partial charge in [0.1, 0.15) is 12.2 Å². The van der Waals surface area contributed by atoms with Crippen LogP contribution in [0.25, 0.3) is 5.52 Å². The topological polar surface area (TPSA) is 141 Å². The van der Waals surface area contributed by atoms with E-state index in [4.69, 9.17) is 5.73 Å². The van der Waals surface area contributed by atoms with E-state index in [0.29, 0.717) is 24.1 Å². The molecule has 0 aliphatic heterocycles. The number of nitrogens with two attached hydrogens (primary N) is 1. The second kappa shape index (κ2) is 9.00. The van der Waals surface area contributed by atoms with E-state index in [-0.39, 0.29) is 18.0 Å². The summed E-state index contributed by atoms with van der Waals surface area (Å²) in [6.45, 7) is 2.54. The fourth-order valence-corrected chi connectivity index (χ4v) is 4.65. The van der Waals surface area contributed by atoms with Gasteiger partial charge in [0.05, 0.1) is 46.8 Å². The van der Waals surface area contributed by atoms with Gasteiger partial charge in [-0.3, -0.25) is 9.78 Å². The number of nitriles is 1. The smallest absolute Gasteiger partial charge is 0.252 e. The minimum atomic E-state index is -1.65. The molecule has 3 heterocycles. The molecule has 4 rings (SSSR count). The number of halogens is 1. The quantitative estimate of drug-likeness (QED) is 0.483. The number of alkyl halides is 1. The predicted octanol–water partition coefficient (Wildman–Crippen LogP) is 1.92. The zero-order valence-corrected chi connectivity index (χ0v) is 19.0. The summed E-state index contributed by atoms with van der Waals surface area (Å²) in [6.07, 6.45) is 2.68. The first-order chi connectivity index (χ1) is 16.1. The Balaban J connectivity index is 1.81. The summed E-state index contributed by atoms with van der Waals surface area (Å²) < 4.78 is 16.9. The highest BCUT2D eigenvalue weighted by Gasteiger charge is 2.42. The van der Waals surface area contributed by atoms with Gasteiger partial charge in [0.25, 0.3) is 5.91 Å². The van der Waals surface area contributed by atoms with Crippen molar-refractivity contribution < 1.29 is 19.4 Å². The molecule has 4 N–H and O–H groups in total. The molecular formula is C24H27FN6O3. The third kappa shape index (κ3) is 4.44. The second-order valence-corrected chi connectivity index (χ2v) is 9.28. The van der Waals surface area contributed by atoms with Crippen LogP contribution in [0.15, 0.2) is 42.9 Å². The van der Waals surface area contributed by atoms with Gasteiger partial charge in [-0.25, -0.2) is 8.91 Å². The number of hydrogen-bond donors (Lipinski definition) is 3. The standard InChI is InChI=1S/C24H27FN6O3/c1-24(2,34)22(25)13-30(19-5-6-28-12-18(19)23(27)33)21-9-16(32)8-17(21)20-4-3-15-7-14(10-26)11-29-31(15)20/h3-7,11-12,16-17,21-22,32,34H,8-9,13H2,1-2H3,(H2,27,33)/t16-,17?,21-,22+/m0/s1. The van der Waals surface area contributed by atoms with E-state index in [1.54, 1.807) is 21.5 Å². The third-order valence-corrected chi connectivity index (χ3v) is 6.44. The Hall–Kier alpha value is -3.55. The van der Waals surface area contributed by atoms with Gasteiger partial charge in [0.15, 0.2) is 0 Å². The van der Waals surface area contributed by atoms with Gasteiger partial charge in [-0.2, -0.15) is 10.4 Å². The summed E-state index contributed by atoms with van der Waals surface area (Å²) in [6, 6.07) is 8.66. The first-order valence-corrected chi connectivity index (χ1v) is 11.0. The first-order valence-electron chi connectivity index (χ1n) is 11.0. The van der Waals surface area contributed by atoms with Crippen molar-refractivity contribution in [1.29, 1.82) is 5.26 Å². The Morgan fingerprint density at radius 2 is 2.15 bits per heavy atom. The fourth-order valence-electron chi connectivity index (χ4n) is 4.65. The van der Waals surface area contributed by atoms with Crippen molar-refractivity contribution >= 4 is 17.1 Å². The van der Waals surface area contributed by atoms with Crippen LogP contribution in [-0.4, -0.2) is 61.2 Å². The first kappa shape index (κ1) is 23.6. The van der Waals surface area contributed by atoms with E-state index in [2.05, 4.69) is 16.2 Å². The number of hydrogen-bond acceptors (Lipinski definition) is 7. The second-order valence-electron chi connectivity index (χ2n) is 9.28. The van der Waals surface area contributed by atoms with Crippen LogP contribution in [0.4, 0.5) is 10.1 Å². The van der Waals surface area contributed by atoms with E-state index >= 15 is 4.39 Å². The number of nitrogens with zero attached hydrogens (tertiary/aromatic N) is 5. The highest BCUT2D eigenvalue weighted by molar-refractivity contribution is 5.98. The van der Waals surface area contributed by atoms with Gasteiger partial charge in [0, 0.05) is 30.0 Å². The zero-order valence-electron chi connectivity index (χ0n) is 19.0. The van der Waals surface area contributed by atoms with Crippen molar-refractivity contribution in [3.63, 3.8) is 0 Å². The van der Waals surface area contributed by atoms with Gasteiger partial charge in [-0.1, -0.05) is 0 Å². The third-order valence-electron chi connectivity index (χ3n) is 6.44. The minimum Gasteiger partial charge on any atom is -0.393 e. The molecule has 3 aromatic heterocycles. The molecule has 1 saturated carbocycles. The summed E-state index contributed by atoms with van der Waals surface area (Å²) in [5.74, 6) is -0.985. The lowest BCUT2D eigenvalue weighted by Crippen LogP contribution is -2.48. The van der Waals surface area contributed by atoms with E-state index in [1.165, 1.54) is 32.4 Å². The van der Waals surface area contributed by atoms with Gasteiger partial charge >= 0.3 is 0 Å². The van der Waals surface area contributed by atoms with Crippen LogP contribution >= 0.6 is 0 Å². The van der Waals surface area contributed by atoms with Crippen LogP contribution in [0.3, 0.4) is 0 Å². The average molecular weight is 467 g/mol. The number of carbonyl (C=O) groups excluding carboxylic acids is 1. The van der Waals surface area contributed by atoms with Crippen molar-refractivity contribution in [2.75, 3.05) is 11.4 Å². The molecule has 9 nitrogen and oxygen atoms in total. The van der Waals surface area contributed by atoms with E-state index in [1.807, 2.05) is 12.1 Å². The number of fused-ring (bicyclic) bond motifs is 1. The average Bonchev–Trinajstić information content (AvgIpc) is 3.38. The number of pyridine rings is 1. The van der Waals surface area contributed by atoms with Crippen LogP contribution in [-0.2, 0) is 0 Å². The van der Waals surface area contributed by atoms with Crippen molar-refractivity contribution in [2.24, 2.45) is 5.73 Å². The lowest BCUT2D eigenvalue weighted by Gasteiger charge is -2.38. The molecule has 1 amide bonds. The Bertz CT molecular complexity index is 1250. The normalized spacial score (nSPS) is 21.4. The molecule has 3 aromatic rings. The van der Waals surface area contributed by atoms with E-state index < -0.39 is 29.8 Å². The Kier molecular flexibility index (Phi) is 6.25. The molecule has 0 spiro atoms. The lowest BCUT2D eigenvalue weighted by atomic mass is 9.95. The van der Waals surface area contributed by atoms with Crippen molar-refractivity contribution in [1.82, 2.24) is 14.6 Å². The molecule has 4 atom stereocenters. The summed E-state index contributed by atoms with van der Waals surface area (Å²) >= 11 is 0. The number of anilines is 1. The lowest BCUT2D eigenvalue weighted by molar-refractivity contribution is -0.000274. The SMILES string of the molecule is CC(C)(O)[C@H](F)CN(c1ccncc1C(N)=O)[C@H]1C[C@@H](O)CC1c1ccc2cc(C#N)cnn12. The molecule has 0 radical (unpaired) electrons. The van der Waals surface area contributed by atoms with Crippen LogP contribution in [0, 0.1) is 11.3 Å². The summed E-state index contributed by atoms with van der Waals surface area (Å²) in [5, 5.41) is 34.5. The monoisotopic (exact) mass is 466 g/mol. The van der Waals surface area contributed by atoms with Crippen LogP contribution in [0.2, 0.25) is 0 Å². The molecule has 10 heteroatoms. The molecule has 0 bridgehead atoms. The Morgan fingerprint density at radius 3 is 2.82 bits per heavy atom. The molecule has 34 heavy (non-hydrogen) atoms. The molecular weight excluding hydrogens is 439 g/mol. The van der Waals surface area contributed by atoms with Crippen molar-refractivity contribution in [3.05, 3.63) is 59.7 Å². The van der Waals surface area contributed by atoms with Gasteiger partial charge < -0.3 is 20.8 Å². The summed E-state index contributed by atoms with van der Waals surface area (Å²) in [4.78, 5) is 17.8. The Labute approximate surface area is 196 Å². The van der Waals surface area contributed by atoms with Gasteiger partial charge in [-0.15, -0.1) is 0 Å². The maximum absolute atomic E-state index is 15.2. The highest BCUT2D eigenvalue weighted by Crippen LogP contribution is 2.41. The zero-order chi connectivity index (χ0) is 24.6. The highest BCUT2D eigenvalue weighted by atomic mass is 19.1. The number of amides is 1. The number of aliphatic hydroxyl groups is 2. The molecule has 1 aliphatic rings. The van der Waals surface area contributed by atoms with Crippen LogP contribution in [0.5, 0.6) is 0 Å². The maximum Gasteiger partial charge on any atom is 0.252 e. The number of primary amides is 1. The molecule has 0 aromatic carbocycles. The molecule has 0 saturated heterocycles. The van der Waals surface area contributed by atoms with E-state index in [0.717, 1.165) is 11.2 Å². The van der Waals surface area contributed by atoms with Gasteiger partial charge in [0.2, 0.25) is 0 Å². The molecule has 1 aliphatic carbocycles. The number of aliphatic hydroxyl groups excluding tert-OH is 1. The fraction of sp³-hybridized carbons (Fsp3) is 0.417. The minimum absolute atomic E-state index is 0.127. The van der Waals surface area contributed by atoms with Crippen LogP contribution in [0.1, 0.15) is 54.2 Å². The largest absolute Gasteiger partial charge is 0.393 e.